The number of hydrogen-bond donors (Lipinski definition) is 1. The Bertz CT molecular complexity index is 1450. The van der Waals surface area contributed by atoms with Crippen molar-refractivity contribution < 1.29 is 19.0 Å². The highest BCUT2D eigenvalue weighted by atomic mass is 16.7. The lowest BCUT2D eigenvalue weighted by molar-refractivity contribution is -0.121. The van der Waals surface area contributed by atoms with Crippen LogP contribution in [0.15, 0.2) is 73.4 Å². The second kappa shape index (κ2) is 11.6. The Kier molecular flexibility index (Phi) is 7.45. The molecule has 6 rings (SSSR count). The van der Waals surface area contributed by atoms with Crippen molar-refractivity contribution in [3.05, 3.63) is 84.6 Å². The van der Waals surface area contributed by atoms with Crippen LogP contribution in [0.2, 0.25) is 0 Å². The summed E-state index contributed by atoms with van der Waals surface area (Å²) in [6, 6.07) is 15.7. The van der Waals surface area contributed by atoms with E-state index in [4.69, 9.17) is 19.2 Å². The highest BCUT2D eigenvalue weighted by molar-refractivity contribution is 5.77. The third-order valence-corrected chi connectivity index (χ3v) is 7.14. The van der Waals surface area contributed by atoms with Crippen LogP contribution in [0.4, 0.5) is 5.82 Å². The van der Waals surface area contributed by atoms with Crippen LogP contribution < -0.4 is 24.4 Å². The molecule has 1 atom stereocenters. The van der Waals surface area contributed by atoms with Gasteiger partial charge in [-0.2, -0.15) is 4.98 Å². The van der Waals surface area contributed by atoms with Gasteiger partial charge in [-0.1, -0.05) is 18.2 Å². The van der Waals surface area contributed by atoms with E-state index in [0.29, 0.717) is 31.2 Å². The highest BCUT2D eigenvalue weighted by Gasteiger charge is 2.30. The molecule has 2 aliphatic heterocycles. The first kappa shape index (κ1) is 25.6. The standard InChI is InChI=1S/C29H31N7O4/c1-38-24-5-2-21(3-6-24)17-34-12-13-36(27-8-9-31-29(33-27)35-11-10-30-19-35)23(18-34)15-28(37)32-16-22-4-7-25-26(14-22)40-20-39-25/h2-11,14,19,23H,12-13,15-18,20H2,1H3,(H,32,37). The van der Waals surface area contributed by atoms with Crippen LogP contribution >= 0.6 is 0 Å². The normalized spacial score (nSPS) is 16.6. The first-order valence-electron chi connectivity index (χ1n) is 13.2. The molecule has 0 spiro atoms. The third kappa shape index (κ3) is 5.84. The van der Waals surface area contributed by atoms with E-state index < -0.39 is 0 Å². The lowest BCUT2D eigenvalue weighted by atomic mass is 10.1. The number of piperazine rings is 1. The number of hydrogen-bond acceptors (Lipinski definition) is 9. The molecule has 2 aromatic carbocycles. The maximum Gasteiger partial charge on any atom is 0.236 e. The number of ether oxygens (including phenoxy) is 3. The van der Waals surface area contributed by atoms with E-state index in [1.54, 1.807) is 30.4 Å². The van der Waals surface area contributed by atoms with Crippen molar-refractivity contribution in [3.8, 4) is 23.2 Å². The second-order valence-electron chi connectivity index (χ2n) is 9.78. The van der Waals surface area contributed by atoms with Crippen LogP contribution in [0.25, 0.3) is 5.95 Å². The number of nitrogens with one attached hydrogen (secondary N) is 1. The molecule has 0 radical (unpaired) electrons. The largest absolute Gasteiger partial charge is 0.497 e. The molecule has 11 nitrogen and oxygen atoms in total. The summed E-state index contributed by atoms with van der Waals surface area (Å²) in [7, 11) is 1.67. The summed E-state index contributed by atoms with van der Waals surface area (Å²) in [5.74, 6) is 3.57. The molecule has 0 saturated carbocycles. The molecule has 4 aromatic rings. The summed E-state index contributed by atoms with van der Waals surface area (Å²) in [5, 5.41) is 3.08. The number of methoxy groups -OCH3 is 1. The van der Waals surface area contributed by atoms with Crippen molar-refractivity contribution in [2.24, 2.45) is 0 Å². The number of carbonyl (C=O) groups excluding carboxylic acids is 1. The molecule has 1 fully saturated rings. The minimum Gasteiger partial charge on any atom is -0.497 e. The Morgan fingerprint density at radius 1 is 1.05 bits per heavy atom. The van der Waals surface area contributed by atoms with Gasteiger partial charge < -0.3 is 24.4 Å². The van der Waals surface area contributed by atoms with E-state index in [-0.39, 0.29) is 18.7 Å². The number of benzene rings is 2. The van der Waals surface area contributed by atoms with Gasteiger partial charge in [0.1, 0.15) is 17.9 Å². The number of anilines is 1. The van der Waals surface area contributed by atoms with Gasteiger partial charge in [0.2, 0.25) is 18.6 Å². The SMILES string of the molecule is COc1ccc(CN2CCN(c3ccnc(-n4ccnc4)n3)C(CC(=O)NCc3ccc4c(c3)OCO4)C2)cc1. The van der Waals surface area contributed by atoms with Crippen molar-refractivity contribution in [3.63, 3.8) is 0 Å². The number of imidazole rings is 1. The number of nitrogens with zero attached hydrogens (tertiary/aromatic N) is 6. The van der Waals surface area contributed by atoms with Gasteiger partial charge in [-0.3, -0.25) is 14.3 Å². The molecule has 206 valence electrons. The lowest BCUT2D eigenvalue weighted by Gasteiger charge is -2.42. The topological polar surface area (TPSA) is 107 Å². The predicted octanol–water partition coefficient (Wildman–Crippen LogP) is 2.80. The van der Waals surface area contributed by atoms with Crippen molar-refractivity contribution in [2.75, 3.05) is 38.4 Å². The minimum absolute atomic E-state index is 0.0251. The minimum atomic E-state index is -0.0747. The second-order valence-corrected chi connectivity index (χ2v) is 9.78. The smallest absolute Gasteiger partial charge is 0.236 e. The summed E-state index contributed by atoms with van der Waals surface area (Å²) < 4.78 is 17.9. The first-order chi connectivity index (χ1) is 19.6. The molecule has 1 amide bonds. The third-order valence-electron chi connectivity index (χ3n) is 7.14. The quantitative estimate of drug-likeness (QED) is 0.342. The molecular formula is C29H31N7O4. The molecule has 1 unspecified atom stereocenters. The lowest BCUT2D eigenvalue weighted by Crippen LogP contribution is -2.54. The molecule has 40 heavy (non-hydrogen) atoms. The predicted molar refractivity (Wildman–Crippen MR) is 148 cm³/mol. The van der Waals surface area contributed by atoms with Crippen LogP contribution in [-0.2, 0) is 17.9 Å². The van der Waals surface area contributed by atoms with E-state index in [2.05, 4.69) is 37.2 Å². The summed E-state index contributed by atoms with van der Waals surface area (Å²) >= 11 is 0. The fourth-order valence-corrected chi connectivity index (χ4v) is 5.07. The molecular weight excluding hydrogens is 510 g/mol. The Morgan fingerprint density at radius 3 is 2.73 bits per heavy atom. The molecule has 0 aliphatic carbocycles. The van der Waals surface area contributed by atoms with Gasteiger partial charge in [0, 0.05) is 57.7 Å². The molecule has 2 aliphatic rings. The highest BCUT2D eigenvalue weighted by Crippen LogP contribution is 2.32. The average Bonchev–Trinajstić information content (AvgIpc) is 3.69. The van der Waals surface area contributed by atoms with Gasteiger partial charge in [-0.05, 0) is 41.5 Å². The summed E-state index contributed by atoms with van der Waals surface area (Å²) in [5.41, 5.74) is 2.16. The Morgan fingerprint density at radius 2 is 1.90 bits per heavy atom. The number of rotatable bonds is 9. The fraction of sp³-hybridized carbons (Fsp3) is 0.310. The van der Waals surface area contributed by atoms with Gasteiger partial charge in [0.25, 0.3) is 0 Å². The zero-order valence-electron chi connectivity index (χ0n) is 22.3. The summed E-state index contributed by atoms with van der Waals surface area (Å²) in [6.07, 6.45) is 7.26. The van der Waals surface area contributed by atoms with Gasteiger partial charge in [0.15, 0.2) is 11.5 Å². The van der Waals surface area contributed by atoms with E-state index in [1.807, 2.05) is 42.6 Å². The number of amides is 1. The van der Waals surface area contributed by atoms with E-state index >= 15 is 0 Å². The van der Waals surface area contributed by atoms with Crippen LogP contribution in [0.3, 0.4) is 0 Å². The Hall–Kier alpha value is -4.64. The average molecular weight is 542 g/mol. The zero-order chi connectivity index (χ0) is 27.3. The van der Waals surface area contributed by atoms with Crippen molar-refractivity contribution in [1.82, 2.24) is 29.7 Å². The fourth-order valence-electron chi connectivity index (χ4n) is 5.07. The molecule has 1 saturated heterocycles. The number of aromatic nitrogens is 4. The monoisotopic (exact) mass is 541 g/mol. The first-order valence-corrected chi connectivity index (χ1v) is 13.2. The van der Waals surface area contributed by atoms with Crippen LogP contribution in [-0.4, -0.2) is 69.9 Å². The van der Waals surface area contributed by atoms with Crippen molar-refractivity contribution in [2.45, 2.75) is 25.6 Å². The van der Waals surface area contributed by atoms with Gasteiger partial charge in [0.05, 0.1) is 13.2 Å². The maximum absolute atomic E-state index is 13.2. The van der Waals surface area contributed by atoms with Gasteiger partial charge in [-0.15, -0.1) is 0 Å². The van der Waals surface area contributed by atoms with E-state index in [0.717, 1.165) is 42.5 Å². The van der Waals surface area contributed by atoms with Crippen LogP contribution in [0.1, 0.15) is 17.5 Å². The maximum atomic E-state index is 13.2. The molecule has 11 heteroatoms. The Balaban J connectivity index is 1.16. The zero-order valence-corrected chi connectivity index (χ0v) is 22.3. The Labute approximate surface area is 232 Å². The van der Waals surface area contributed by atoms with Gasteiger partial charge >= 0.3 is 0 Å². The van der Waals surface area contributed by atoms with Crippen molar-refractivity contribution in [1.29, 1.82) is 0 Å². The number of fused-ring (bicyclic) bond motifs is 1. The molecule has 1 N–H and O–H groups in total. The summed E-state index contributed by atoms with van der Waals surface area (Å²) in [4.78, 5) is 31.1. The molecule has 0 bridgehead atoms. The van der Waals surface area contributed by atoms with E-state index in [9.17, 15) is 4.79 Å². The van der Waals surface area contributed by atoms with E-state index in [1.165, 1.54) is 5.56 Å². The van der Waals surface area contributed by atoms with Crippen molar-refractivity contribution >= 4 is 11.7 Å². The number of carbonyl (C=O) groups is 1. The van der Waals surface area contributed by atoms with Gasteiger partial charge in [-0.25, -0.2) is 9.97 Å². The van der Waals surface area contributed by atoms with Crippen LogP contribution in [0.5, 0.6) is 17.2 Å². The van der Waals surface area contributed by atoms with Crippen LogP contribution in [0, 0.1) is 0 Å². The molecule has 4 heterocycles. The summed E-state index contributed by atoms with van der Waals surface area (Å²) in [6.45, 7) is 3.71. The molecule has 2 aromatic heterocycles.